The highest BCUT2D eigenvalue weighted by molar-refractivity contribution is 5.70. The maximum atomic E-state index is 11.6. The molecule has 3 aromatic heterocycles. The van der Waals surface area contributed by atoms with Gasteiger partial charge >= 0.3 is 6.09 Å². The molecule has 8 heteroatoms. The average molecular weight is 302 g/mol. The molecular formula is C14H14N4O4. The summed E-state index contributed by atoms with van der Waals surface area (Å²) in [6, 6.07) is 4.93. The number of imidazole rings is 1. The molecule has 0 aliphatic heterocycles. The largest absolute Gasteiger partial charge is 0.461 e. The minimum atomic E-state index is -0.601. The second kappa shape index (κ2) is 6.17. The molecule has 0 saturated heterocycles. The summed E-state index contributed by atoms with van der Waals surface area (Å²) in [6.45, 7) is 2.92. The van der Waals surface area contributed by atoms with E-state index in [4.69, 9.17) is 13.7 Å². The Labute approximate surface area is 125 Å². The fourth-order valence-corrected chi connectivity index (χ4v) is 1.85. The van der Waals surface area contributed by atoms with Gasteiger partial charge in [0.25, 0.3) is 5.88 Å². The molecule has 0 fully saturated rings. The van der Waals surface area contributed by atoms with Gasteiger partial charge in [-0.3, -0.25) is 0 Å². The zero-order valence-electron chi connectivity index (χ0n) is 11.9. The van der Waals surface area contributed by atoms with Crippen LogP contribution in [0.1, 0.15) is 5.69 Å². The van der Waals surface area contributed by atoms with Crippen LogP contribution in [-0.4, -0.2) is 27.3 Å². The van der Waals surface area contributed by atoms with Crippen molar-refractivity contribution in [2.24, 2.45) is 0 Å². The van der Waals surface area contributed by atoms with Crippen molar-refractivity contribution in [3.63, 3.8) is 0 Å². The Bertz CT molecular complexity index is 745. The van der Waals surface area contributed by atoms with Crippen molar-refractivity contribution in [3.05, 3.63) is 42.7 Å². The molecule has 22 heavy (non-hydrogen) atoms. The highest BCUT2D eigenvalue weighted by Crippen LogP contribution is 2.23. The van der Waals surface area contributed by atoms with Gasteiger partial charge in [0.15, 0.2) is 5.76 Å². The Hall–Kier alpha value is -3.03. The molecule has 0 aliphatic carbocycles. The monoisotopic (exact) mass is 302 g/mol. The van der Waals surface area contributed by atoms with Crippen LogP contribution in [0.4, 0.5) is 4.79 Å². The molecule has 0 spiro atoms. The van der Waals surface area contributed by atoms with E-state index in [0.29, 0.717) is 24.6 Å². The molecule has 3 rings (SSSR count). The molecule has 8 nitrogen and oxygen atoms in total. The number of nitrogens with zero attached hydrogens (tertiary/aromatic N) is 3. The topological polar surface area (TPSA) is 95.3 Å². The lowest BCUT2D eigenvalue weighted by molar-refractivity contribution is 0.195. The number of nitrogens with one attached hydrogen (secondary N) is 1. The van der Waals surface area contributed by atoms with Gasteiger partial charge in [0.2, 0.25) is 5.76 Å². The fourth-order valence-electron chi connectivity index (χ4n) is 1.85. The number of carbonyl (C=O) groups is 1. The third-order valence-corrected chi connectivity index (χ3v) is 2.85. The predicted molar refractivity (Wildman–Crippen MR) is 75.2 cm³/mol. The molecule has 0 saturated carbocycles. The van der Waals surface area contributed by atoms with Crippen LogP contribution in [0.25, 0.3) is 11.5 Å². The smallest absolute Gasteiger partial charge is 0.414 e. The number of furan rings is 1. The zero-order chi connectivity index (χ0) is 15.4. The van der Waals surface area contributed by atoms with Gasteiger partial charge in [-0.05, 0) is 24.2 Å². The van der Waals surface area contributed by atoms with Crippen molar-refractivity contribution in [2.75, 3.05) is 6.54 Å². The number of aromatic nitrogens is 3. The van der Waals surface area contributed by atoms with Gasteiger partial charge in [0.05, 0.1) is 24.4 Å². The zero-order valence-corrected chi connectivity index (χ0v) is 11.9. The van der Waals surface area contributed by atoms with E-state index in [1.807, 2.05) is 17.7 Å². The summed E-state index contributed by atoms with van der Waals surface area (Å²) in [5, 5.41) is 6.27. The van der Waals surface area contributed by atoms with Gasteiger partial charge in [-0.2, -0.15) is 0 Å². The summed E-state index contributed by atoms with van der Waals surface area (Å²) >= 11 is 0. The standard InChI is InChI=1S/C14H14N4O4/c1-10-8-18(9-16-10)5-4-15-14(19)21-13-7-12(22-17-13)11-3-2-6-20-11/h2-3,6-9H,4-5H2,1H3,(H,15,19). The van der Waals surface area contributed by atoms with E-state index >= 15 is 0 Å². The Morgan fingerprint density at radius 2 is 2.36 bits per heavy atom. The van der Waals surface area contributed by atoms with E-state index in [2.05, 4.69) is 15.5 Å². The van der Waals surface area contributed by atoms with E-state index in [-0.39, 0.29) is 5.88 Å². The highest BCUT2D eigenvalue weighted by atomic mass is 16.6. The molecule has 0 atom stereocenters. The summed E-state index contributed by atoms with van der Waals surface area (Å²) in [7, 11) is 0. The summed E-state index contributed by atoms with van der Waals surface area (Å²) in [5.74, 6) is 0.974. The summed E-state index contributed by atoms with van der Waals surface area (Å²) < 4.78 is 17.1. The van der Waals surface area contributed by atoms with Gasteiger partial charge < -0.3 is 23.6 Å². The fraction of sp³-hybridized carbons (Fsp3) is 0.214. The van der Waals surface area contributed by atoms with Gasteiger partial charge in [-0.15, -0.1) is 0 Å². The first-order valence-electron chi connectivity index (χ1n) is 6.65. The summed E-state index contributed by atoms with van der Waals surface area (Å²) in [5.41, 5.74) is 0.927. The molecular weight excluding hydrogens is 288 g/mol. The van der Waals surface area contributed by atoms with Crippen LogP contribution in [0, 0.1) is 6.92 Å². The molecule has 0 aromatic carbocycles. The highest BCUT2D eigenvalue weighted by Gasteiger charge is 2.12. The molecule has 0 unspecified atom stereocenters. The molecule has 0 bridgehead atoms. The number of aryl methyl sites for hydroxylation is 1. The van der Waals surface area contributed by atoms with E-state index in [9.17, 15) is 4.79 Å². The summed E-state index contributed by atoms with van der Waals surface area (Å²) in [6.07, 6.45) is 4.51. The first-order valence-corrected chi connectivity index (χ1v) is 6.65. The van der Waals surface area contributed by atoms with Gasteiger partial charge in [-0.25, -0.2) is 9.78 Å². The number of carbonyl (C=O) groups excluding carboxylic acids is 1. The number of ether oxygens (including phenoxy) is 1. The predicted octanol–water partition coefficient (Wildman–Crippen LogP) is 2.23. The Balaban J connectivity index is 1.47. The minimum absolute atomic E-state index is 0.0716. The van der Waals surface area contributed by atoms with Crippen molar-refractivity contribution in [2.45, 2.75) is 13.5 Å². The van der Waals surface area contributed by atoms with Crippen LogP contribution < -0.4 is 10.1 Å². The SMILES string of the molecule is Cc1cn(CCNC(=O)Oc2cc(-c3ccco3)on2)cn1. The molecule has 3 aromatic rings. The van der Waals surface area contributed by atoms with Crippen molar-refractivity contribution < 1.29 is 18.5 Å². The second-order valence-corrected chi connectivity index (χ2v) is 4.58. The Morgan fingerprint density at radius 1 is 1.45 bits per heavy atom. The third-order valence-electron chi connectivity index (χ3n) is 2.85. The van der Waals surface area contributed by atoms with Crippen molar-refractivity contribution in [1.82, 2.24) is 20.0 Å². The Morgan fingerprint density at radius 3 is 3.09 bits per heavy atom. The van der Waals surface area contributed by atoms with Crippen LogP contribution in [0.3, 0.4) is 0 Å². The quantitative estimate of drug-likeness (QED) is 0.776. The van der Waals surface area contributed by atoms with E-state index in [1.165, 1.54) is 12.3 Å². The van der Waals surface area contributed by atoms with E-state index < -0.39 is 6.09 Å². The number of rotatable bonds is 5. The lowest BCUT2D eigenvalue weighted by Crippen LogP contribution is -2.29. The first kappa shape index (κ1) is 13.9. The van der Waals surface area contributed by atoms with Crippen LogP contribution in [0.5, 0.6) is 5.88 Å². The lowest BCUT2D eigenvalue weighted by Gasteiger charge is -2.04. The molecule has 1 N–H and O–H groups in total. The molecule has 1 amide bonds. The van der Waals surface area contributed by atoms with Crippen molar-refractivity contribution in [1.29, 1.82) is 0 Å². The number of hydrogen-bond donors (Lipinski definition) is 1. The van der Waals surface area contributed by atoms with Gasteiger partial charge in [0.1, 0.15) is 0 Å². The van der Waals surface area contributed by atoms with Gasteiger partial charge in [0, 0.05) is 19.3 Å². The molecule has 0 aliphatic rings. The molecule has 0 radical (unpaired) electrons. The van der Waals surface area contributed by atoms with Crippen molar-refractivity contribution in [3.8, 4) is 17.4 Å². The minimum Gasteiger partial charge on any atom is -0.461 e. The first-order chi connectivity index (χ1) is 10.7. The summed E-state index contributed by atoms with van der Waals surface area (Å²) in [4.78, 5) is 15.7. The van der Waals surface area contributed by atoms with Crippen LogP contribution in [-0.2, 0) is 6.54 Å². The Kier molecular flexibility index (Phi) is 3.90. The van der Waals surface area contributed by atoms with Crippen LogP contribution in [0.2, 0.25) is 0 Å². The van der Waals surface area contributed by atoms with E-state index in [0.717, 1.165) is 5.69 Å². The molecule has 114 valence electrons. The van der Waals surface area contributed by atoms with Crippen LogP contribution in [0.15, 0.2) is 45.9 Å². The number of amides is 1. The average Bonchev–Trinajstić information content (AvgIpc) is 3.20. The maximum absolute atomic E-state index is 11.6. The maximum Gasteiger partial charge on any atom is 0.414 e. The number of hydrogen-bond acceptors (Lipinski definition) is 6. The second-order valence-electron chi connectivity index (χ2n) is 4.58. The third kappa shape index (κ3) is 3.35. The van der Waals surface area contributed by atoms with Crippen molar-refractivity contribution >= 4 is 6.09 Å². The van der Waals surface area contributed by atoms with Gasteiger partial charge in [-0.1, -0.05) is 0 Å². The van der Waals surface area contributed by atoms with Crippen LogP contribution >= 0.6 is 0 Å². The molecule has 3 heterocycles. The normalized spacial score (nSPS) is 10.6. The lowest BCUT2D eigenvalue weighted by atomic mass is 10.3. The van der Waals surface area contributed by atoms with E-state index in [1.54, 1.807) is 18.5 Å².